The van der Waals surface area contributed by atoms with Crippen molar-refractivity contribution in [3.63, 3.8) is 0 Å². The molecule has 0 aromatic carbocycles. The van der Waals surface area contributed by atoms with Crippen LogP contribution in [0.1, 0.15) is 6.92 Å². The second-order valence-corrected chi connectivity index (χ2v) is 3.34. The van der Waals surface area contributed by atoms with Crippen LogP contribution in [0.25, 0.3) is 0 Å². The molecule has 0 saturated heterocycles. The van der Waals surface area contributed by atoms with Crippen molar-refractivity contribution >= 4 is 17.8 Å². The van der Waals surface area contributed by atoms with Crippen LogP contribution in [0, 0.1) is 0 Å². The monoisotopic (exact) mass is 249 g/mol. The molecule has 0 heterocycles. The number of nitrogens with one attached hydrogen (secondary N) is 1. The molecule has 0 fully saturated rings. The Hall–Kier alpha value is -2.43. The molecule has 0 saturated carbocycles. The third-order valence-electron chi connectivity index (χ3n) is 1.65. The second kappa shape index (κ2) is 7.78. The number of hydrogen-bond acceptors (Lipinski definition) is 4. The zero-order valence-electron chi connectivity index (χ0n) is 10.2. The molecule has 0 aliphatic heterocycles. The summed E-state index contributed by atoms with van der Waals surface area (Å²) in [7, 11) is 0. The first-order valence-corrected chi connectivity index (χ1v) is 5.04. The van der Waals surface area contributed by atoms with Crippen molar-refractivity contribution in [3.8, 4) is 0 Å². The summed E-state index contributed by atoms with van der Waals surface area (Å²) in [5.74, 6) is -1.91. The van der Waals surface area contributed by atoms with E-state index in [1.807, 2.05) is 5.32 Å². The largest absolute Gasteiger partial charge is 0.458 e. The van der Waals surface area contributed by atoms with Gasteiger partial charge in [-0.3, -0.25) is 14.9 Å². The van der Waals surface area contributed by atoms with Crippen LogP contribution in [0.15, 0.2) is 49.1 Å². The first kappa shape index (κ1) is 15.6. The van der Waals surface area contributed by atoms with Crippen molar-refractivity contribution in [3.05, 3.63) is 49.1 Å². The summed E-state index contributed by atoms with van der Waals surface area (Å²) in [6.45, 7) is 11.7. The number of carbonyl (C=O) groups is 3. The van der Waals surface area contributed by atoms with Crippen LogP contribution >= 0.6 is 0 Å². The summed E-state index contributed by atoms with van der Waals surface area (Å²) in [6, 6.07) is 0. The number of rotatable bonds is 6. The molecule has 0 unspecified atom stereocenters. The maximum atomic E-state index is 11.2. The summed E-state index contributed by atoms with van der Waals surface area (Å²) >= 11 is 0. The molecule has 0 aliphatic rings. The highest BCUT2D eigenvalue weighted by Gasteiger charge is 2.07. The fraction of sp³-hybridized carbons (Fsp3) is 0.154. The molecule has 0 aromatic heterocycles. The van der Waals surface area contributed by atoms with Gasteiger partial charge in [0.05, 0.1) is 5.57 Å². The second-order valence-electron chi connectivity index (χ2n) is 3.34. The predicted octanol–water partition coefficient (Wildman–Crippen LogP) is 1.05. The number of ether oxygens (including phenoxy) is 1. The zero-order chi connectivity index (χ0) is 14.1. The van der Waals surface area contributed by atoms with Crippen molar-refractivity contribution < 1.29 is 19.1 Å². The zero-order valence-corrected chi connectivity index (χ0v) is 10.2. The summed E-state index contributed by atoms with van der Waals surface area (Å²) in [5, 5.41) is 2.04. The van der Waals surface area contributed by atoms with Crippen molar-refractivity contribution in [1.29, 1.82) is 0 Å². The van der Waals surface area contributed by atoms with E-state index in [0.717, 1.165) is 12.2 Å². The Morgan fingerprint density at radius 3 is 2.33 bits per heavy atom. The number of hydrogen-bond donors (Lipinski definition) is 1. The molecule has 18 heavy (non-hydrogen) atoms. The van der Waals surface area contributed by atoms with Gasteiger partial charge in [0.25, 0.3) is 11.8 Å². The van der Waals surface area contributed by atoms with Gasteiger partial charge < -0.3 is 4.74 Å². The lowest BCUT2D eigenvalue weighted by Crippen LogP contribution is -2.29. The van der Waals surface area contributed by atoms with Crippen molar-refractivity contribution in [2.45, 2.75) is 6.92 Å². The van der Waals surface area contributed by atoms with Gasteiger partial charge in [-0.15, -0.1) is 0 Å². The fourth-order valence-corrected chi connectivity index (χ4v) is 0.732. The highest BCUT2D eigenvalue weighted by molar-refractivity contribution is 6.07. The quantitative estimate of drug-likeness (QED) is 0.330. The van der Waals surface area contributed by atoms with Gasteiger partial charge in [0.15, 0.2) is 0 Å². The van der Waals surface area contributed by atoms with Crippen LogP contribution < -0.4 is 5.32 Å². The van der Waals surface area contributed by atoms with E-state index in [1.54, 1.807) is 0 Å². The van der Waals surface area contributed by atoms with E-state index in [-0.39, 0.29) is 17.8 Å². The Morgan fingerprint density at radius 2 is 1.83 bits per heavy atom. The van der Waals surface area contributed by atoms with Crippen molar-refractivity contribution in [1.82, 2.24) is 5.32 Å². The van der Waals surface area contributed by atoms with E-state index in [0.29, 0.717) is 0 Å². The van der Waals surface area contributed by atoms with Crippen molar-refractivity contribution in [2.75, 3.05) is 6.61 Å². The lowest BCUT2D eigenvalue weighted by molar-refractivity contribution is -0.137. The Labute approximate surface area is 106 Å². The fourth-order valence-electron chi connectivity index (χ4n) is 0.732. The minimum absolute atomic E-state index is 0.00484. The molecule has 0 aliphatic carbocycles. The summed E-state index contributed by atoms with van der Waals surface area (Å²) in [4.78, 5) is 33.5. The van der Waals surface area contributed by atoms with E-state index >= 15 is 0 Å². The molecular formula is C13H15NO4. The predicted molar refractivity (Wildman–Crippen MR) is 67.4 cm³/mol. The molecule has 1 N–H and O–H groups in total. The van der Waals surface area contributed by atoms with Gasteiger partial charge in [-0.05, 0) is 13.0 Å². The molecule has 96 valence electrons. The topological polar surface area (TPSA) is 72.5 Å². The van der Waals surface area contributed by atoms with Crippen LogP contribution in [0.3, 0.4) is 0 Å². The van der Waals surface area contributed by atoms with Gasteiger partial charge in [0.1, 0.15) is 6.61 Å². The molecule has 5 heteroatoms. The minimum Gasteiger partial charge on any atom is -0.458 e. The van der Waals surface area contributed by atoms with E-state index in [1.165, 1.54) is 13.0 Å². The Bertz CT molecular complexity index is 432. The van der Waals surface area contributed by atoms with Crippen LogP contribution in [0.5, 0.6) is 0 Å². The highest BCUT2D eigenvalue weighted by Crippen LogP contribution is 1.97. The maximum Gasteiger partial charge on any atom is 0.337 e. The Morgan fingerprint density at radius 1 is 1.22 bits per heavy atom. The molecule has 0 atom stereocenters. The third-order valence-corrected chi connectivity index (χ3v) is 1.65. The summed E-state index contributed by atoms with van der Waals surface area (Å²) in [5.41, 5.74) is 0.204. The van der Waals surface area contributed by atoms with Gasteiger partial charge in [0, 0.05) is 11.6 Å². The van der Waals surface area contributed by atoms with Gasteiger partial charge in [0.2, 0.25) is 0 Å². The lowest BCUT2D eigenvalue weighted by atomic mass is 10.2. The Balaban J connectivity index is 4.30. The number of imide groups is 1. The van der Waals surface area contributed by atoms with Crippen molar-refractivity contribution in [2.24, 2.45) is 0 Å². The normalized spacial score (nSPS) is 9.61. The average molecular weight is 249 g/mol. The molecular weight excluding hydrogens is 234 g/mol. The van der Waals surface area contributed by atoms with E-state index in [9.17, 15) is 14.4 Å². The lowest BCUT2D eigenvalue weighted by Gasteiger charge is -2.01. The molecule has 5 nitrogen and oxygen atoms in total. The molecule has 0 aromatic rings. The van der Waals surface area contributed by atoms with Crippen LogP contribution in [-0.2, 0) is 19.1 Å². The molecule has 0 spiro atoms. The standard InChI is InChI=1S/C13H15NO4/c1-5-8-18-13(17)10(4)6-7-11(15)14-12(16)9(2)3/h5-7H,1-2,4,8H2,3H3,(H,14,15,16). The van der Waals surface area contributed by atoms with Crippen LogP contribution in [0.4, 0.5) is 0 Å². The third kappa shape index (κ3) is 6.22. The van der Waals surface area contributed by atoms with Gasteiger partial charge in [-0.1, -0.05) is 25.8 Å². The van der Waals surface area contributed by atoms with Gasteiger partial charge >= 0.3 is 5.97 Å². The minimum atomic E-state index is -0.666. The van der Waals surface area contributed by atoms with Gasteiger partial charge in [-0.25, -0.2) is 4.79 Å². The van der Waals surface area contributed by atoms with Crippen LogP contribution in [0.2, 0.25) is 0 Å². The first-order valence-electron chi connectivity index (χ1n) is 5.04. The SMILES string of the molecule is C=CCOC(=O)C(=C)C=CC(=O)NC(=O)C(=C)C. The highest BCUT2D eigenvalue weighted by atomic mass is 16.5. The number of esters is 1. The number of carbonyl (C=O) groups excluding carboxylic acids is 3. The molecule has 2 amide bonds. The van der Waals surface area contributed by atoms with E-state index in [4.69, 9.17) is 0 Å². The number of amides is 2. The average Bonchev–Trinajstić information content (AvgIpc) is 2.32. The summed E-state index contributed by atoms with van der Waals surface area (Å²) < 4.78 is 4.68. The summed E-state index contributed by atoms with van der Waals surface area (Å²) in [6.07, 6.45) is 3.58. The molecule has 0 bridgehead atoms. The van der Waals surface area contributed by atoms with E-state index in [2.05, 4.69) is 24.5 Å². The molecule has 0 rings (SSSR count). The van der Waals surface area contributed by atoms with Crippen LogP contribution in [-0.4, -0.2) is 24.4 Å². The smallest absolute Gasteiger partial charge is 0.337 e. The van der Waals surface area contributed by atoms with Gasteiger partial charge in [-0.2, -0.15) is 0 Å². The molecule has 0 radical (unpaired) electrons. The maximum absolute atomic E-state index is 11.2. The van der Waals surface area contributed by atoms with E-state index < -0.39 is 17.8 Å². The Kier molecular flexibility index (Phi) is 6.73. The first-order chi connectivity index (χ1) is 8.38.